The monoisotopic (exact) mass is 315 g/mol. The molecule has 0 saturated carbocycles. The highest BCUT2D eigenvalue weighted by molar-refractivity contribution is 5.88. The molecule has 1 unspecified atom stereocenters. The first-order valence-corrected chi connectivity index (χ1v) is 7.91. The van der Waals surface area contributed by atoms with E-state index in [4.69, 9.17) is 9.26 Å². The molecule has 0 bridgehead atoms. The number of benzene rings is 1. The van der Waals surface area contributed by atoms with Crippen LogP contribution in [0.25, 0.3) is 0 Å². The van der Waals surface area contributed by atoms with Gasteiger partial charge in [0.25, 0.3) is 0 Å². The highest BCUT2D eigenvalue weighted by Crippen LogP contribution is 2.33. The average molecular weight is 315 g/mol. The Kier molecular flexibility index (Phi) is 4.50. The second-order valence-corrected chi connectivity index (χ2v) is 5.61. The van der Waals surface area contributed by atoms with Gasteiger partial charge in [0.2, 0.25) is 0 Å². The molecule has 1 aliphatic heterocycles. The van der Waals surface area contributed by atoms with Crippen LogP contribution >= 0.6 is 0 Å². The number of anilines is 1. The number of urea groups is 1. The first-order chi connectivity index (χ1) is 11.2. The molecule has 23 heavy (non-hydrogen) atoms. The van der Waals surface area contributed by atoms with Gasteiger partial charge >= 0.3 is 6.03 Å². The van der Waals surface area contributed by atoms with Gasteiger partial charge in [-0.2, -0.15) is 0 Å². The van der Waals surface area contributed by atoms with Gasteiger partial charge in [0, 0.05) is 12.6 Å². The minimum atomic E-state index is -0.144. The lowest BCUT2D eigenvalue weighted by atomic mass is 10.0. The summed E-state index contributed by atoms with van der Waals surface area (Å²) in [5.41, 5.74) is 1.12. The number of hydrogen-bond donors (Lipinski definition) is 1. The minimum absolute atomic E-state index is 0.0821. The van der Waals surface area contributed by atoms with Gasteiger partial charge in [-0.05, 0) is 44.4 Å². The highest BCUT2D eigenvalue weighted by atomic mass is 16.5. The summed E-state index contributed by atoms with van der Waals surface area (Å²) in [6, 6.07) is 9.61. The minimum Gasteiger partial charge on any atom is -0.494 e. The Morgan fingerprint density at radius 2 is 2.22 bits per heavy atom. The smallest absolute Gasteiger partial charge is 0.323 e. The van der Waals surface area contributed by atoms with Crippen molar-refractivity contribution in [2.45, 2.75) is 32.7 Å². The standard InChI is InChI=1S/C17H21N3O3/c1-3-22-14-8-6-13(7-9-14)15-5-4-10-20(15)17(21)18-16-11-12(2)23-19-16/h6-9,11,15H,3-5,10H2,1-2H3,(H,18,19,21). The molecule has 2 amide bonds. The van der Waals surface area contributed by atoms with Crippen molar-refractivity contribution in [1.29, 1.82) is 0 Å². The van der Waals surface area contributed by atoms with Crippen molar-refractivity contribution in [2.75, 3.05) is 18.5 Å². The number of rotatable bonds is 4. The molecule has 1 atom stereocenters. The van der Waals surface area contributed by atoms with Crippen molar-refractivity contribution in [1.82, 2.24) is 10.1 Å². The van der Waals surface area contributed by atoms with Gasteiger partial charge in [-0.1, -0.05) is 17.3 Å². The van der Waals surface area contributed by atoms with Gasteiger partial charge in [0.05, 0.1) is 12.6 Å². The maximum absolute atomic E-state index is 12.5. The molecule has 2 aromatic rings. The van der Waals surface area contributed by atoms with Crippen molar-refractivity contribution in [2.24, 2.45) is 0 Å². The second-order valence-electron chi connectivity index (χ2n) is 5.61. The van der Waals surface area contributed by atoms with Crippen LogP contribution in [-0.2, 0) is 0 Å². The summed E-state index contributed by atoms with van der Waals surface area (Å²) in [6.07, 6.45) is 1.95. The normalized spacial score (nSPS) is 17.3. The molecule has 1 aromatic carbocycles. The van der Waals surface area contributed by atoms with E-state index in [1.165, 1.54) is 0 Å². The highest BCUT2D eigenvalue weighted by Gasteiger charge is 2.30. The van der Waals surface area contributed by atoms with Crippen LogP contribution in [0.2, 0.25) is 0 Å². The van der Waals surface area contributed by atoms with Crippen molar-refractivity contribution >= 4 is 11.8 Å². The van der Waals surface area contributed by atoms with Crippen LogP contribution in [0.1, 0.15) is 37.1 Å². The van der Waals surface area contributed by atoms with Crippen LogP contribution in [0.4, 0.5) is 10.6 Å². The molecule has 122 valence electrons. The second kappa shape index (κ2) is 6.73. The van der Waals surface area contributed by atoms with Gasteiger partial charge in [-0.25, -0.2) is 4.79 Å². The van der Waals surface area contributed by atoms with Crippen molar-refractivity contribution < 1.29 is 14.1 Å². The van der Waals surface area contributed by atoms with Crippen LogP contribution < -0.4 is 10.1 Å². The number of carbonyl (C=O) groups is 1. The van der Waals surface area contributed by atoms with Crippen LogP contribution in [0, 0.1) is 6.92 Å². The number of nitrogens with one attached hydrogen (secondary N) is 1. The summed E-state index contributed by atoms with van der Waals surface area (Å²) < 4.78 is 10.4. The van der Waals surface area contributed by atoms with Gasteiger partial charge in [0.15, 0.2) is 5.82 Å². The number of carbonyl (C=O) groups excluding carboxylic acids is 1. The predicted octanol–water partition coefficient (Wildman–Crippen LogP) is 3.75. The molecule has 1 saturated heterocycles. The predicted molar refractivity (Wildman–Crippen MR) is 86.6 cm³/mol. The van der Waals surface area contributed by atoms with E-state index >= 15 is 0 Å². The molecule has 1 N–H and O–H groups in total. The lowest BCUT2D eigenvalue weighted by Gasteiger charge is -2.25. The van der Waals surface area contributed by atoms with Crippen LogP contribution in [-0.4, -0.2) is 29.2 Å². The third-order valence-electron chi connectivity index (χ3n) is 3.95. The van der Waals surface area contributed by atoms with E-state index in [0.717, 1.165) is 30.7 Å². The SMILES string of the molecule is CCOc1ccc(C2CCCN2C(=O)Nc2cc(C)on2)cc1. The number of likely N-dealkylation sites (tertiary alicyclic amines) is 1. The summed E-state index contributed by atoms with van der Waals surface area (Å²) in [5.74, 6) is 1.97. The van der Waals surface area contributed by atoms with Crippen molar-refractivity contribution in [3.8, 4) is 5.75 Å². The molecular formula is C17H21N3O3. The zero-order valence-corrected chi connectivity index (χ0v) is 13.4. The molecule has 6 nitrogen and oxygen atoms in total. The maximum atomic E-state index is 12.5. The molecule has 1 aliphatic rings. The van der Waals surface area contributed by atoms with Crippen molar-refractivity contribution in [3.05, 3.63) is 41.7 Å². The lowest BCUT2D eigenvalue weighted by molar-refractivity contribution is 0.207. The van der Waals surface area contributed by atoms with E-state index < -0.39 is 0 Å². The molecule has 0 spiro atoms. The summed E-state index contributed by atoms with van der Waals surface area (Å²) in [5, 5.41) is 6.60. The quantitative estimate of drug-likeness (QED) is 0.933. The van der Waals surface area contributed by atoms with Gasteiger partial charge in [-0.15, -0.1) is 0 Å². The van der Waals surface area contributed by atoms with E-state index in [-0.39, 0.29) is 12.1 Å². The van der Waals surface area contributed by atoms with Crippen LogP contribution in [0.5, 0.6) is 5.75 Å². The number of amides is 2. The van der Waals surface area contributed by atoms with Gasteiger partial charge < -0.3 is 14.2 Å². The largest absolute Gasteiger partial charge is 0.494 e. The molecular weight excluding hydrogens is 294 g/mol. The maximum Gasteiger partial charge on any atom is 0.323 e. The first-order valence-electron chi connectivity index (χ1n) is 7.91. The fourth-order valence-corrected chi connectivity index (χ4v) is 2.92. The fraction of sp³-hybridized carbons (Fsp3) is 0.412. The Labute approximate surface area is 135 Å². The lowest BCUT2D eigenvalue weighted by Crippen LogP contribution is -2.34. The van der Waals surface area contributed by atoms with Gasteiger partial charge in [-0.3, -0.25) is 5.32 Å². The Morgan fingerprint density at radius 1 is 1.43 bits per heavy atom. The van der Waals surface area contributed by atoms with E-state index in [2.05, 4.69) is 10.5 Å². The van der Waals surface area contributed by atoms with Crippen LogP contribution in [0.15, 0.2) is 34.9 Å². The zero-order valence-electron chi connectivity index (χ0n) is 13.4. The topological polar surface area (TPSA) is 67.6 Å². The number of ether oxygens (including phenoxy) is 1. The molecule has 0 aliphatic carbocycles. The number of hydrogen-bond acceptors (Lipinski definition) is 4. The summed E-state index contributed by atoms with van der Waals surface area (Å²) >= 11 is 0. The van der Waals surface area contributed by atoms with E-state index in [9.17, 15) is 4.79 Å². The Morgan fingerprint density at radius 3 is 2.87 bits per heavy atom. The first kappa shape index (κ1) is 15.4. The Bertz CT molecular complexity index is 666. The molecule has 1 aromatic heterocycles. The van der Waals surface area contributed by atoms with E-state index in [1.807, 2.05) is 36.1 Å². The summed E-state index contributed by atoms with van der Waals surface area (Å²) in [6.45, 7) is 5.14. The summed E-state index contributed by atoms with van der Waals surface area (Å²) in [4.78, 5) is 14.3. The molecule has 0 radical (unpaired) electrons. The van der Waals surface area contributed by atoms with E-state index in [1.54, 1.807) is 13.0 Å². The Balaban J connectivity index is 1.70. The van der Waals surface area contributed by atoms with Gasteiger partial charge in [0.1, 0.15) is 11.5 Å². The van der Waals surface area contributed by atoms with E-state index in [0.29, 0.717) is 18.2 Å². The van der Waals surface area contributed by atoms with Crippen molar-refractivity contribution in [3.63, 3.8) is 0 Å². The third-order valence-corrected chi connectivity index (χ3v) is 3.95. The zero-order chi connectivity index (χ0) is 16.2. The Hall–Kier alpha value is -2.50. The molecule has 2 heterocycles. The third kappa shape index (κ3) is 3.47. The number of aromatic nitrogens is 1. The van der Waals surface area contributed by atoms with Crippen LogP contribution in [0.3, 0.4) is 0 Å². The fourth-order valence-electron chi connectivity index (χ4n) is 2.92. The molecule has 3 rings (SSSR count). The molecule has 1 fully saturated rings. The number of nitrogens with zero attached hydrogens (tertiary/aromatic N) is 2. The molecule has 6 heteroatoms. The number of aryl methyl sites for hydroxylation is 1. The average Bonchev–Trinajstić information content (AvgIpc) is 3.17. The summed E-state index contributed by atoms with van der Waals surface area (Å²) in [7, 11) is 0.